The van der Waals surface area contributed by atoms with Gasteiger partial charge in [-0.3, -0.25) is 0 Å². The van der Waals surface area contributed by atoms with Gasteiger partial charge in [0.1, 0.15) is 0 Å². The molecular weight excluding hydrogens is 1760 g/mol. The molecule has 3 nitrogen and oxygen atoms in total. The minimum absolute atomic E-state index is 0.815. The van der Waals surface area contributed by atoms with Crippen LogP contribution < -0.4 is 0 Å². The highest BCUT2D eigenvalue weighted by molar-refractivity contribution is 6.33. The van der Waals surface area contributed by atoms with E-state index in [1.807, 2.05) is 125 Å². The maximum atomic E-state index is 2.66. The van der Waals surface area contributed by atoms with E-state index in [4.69, 9.17) is 0 Å². The lowest BCUT2D eigenvalue weighted by Crippen LogP contribution is -2.03. The van der Waals surface area contributed by atoms with Crippen LogP contribution in [0.3, 0.4) is 0 Å². The monoisotopic (exact) mass is 1900 g/mol. The van der Waals surface area contributed by atoms with Gasteiger partial charge >= 0.3 is 0 Å². The first-order valence-corrected chi connectivity index (χ1v) is 54.4. The summed E-state index contributed by atoms with van der Waals surface area (Å²) in [5, 5.41) is 37.4. The van der Waals surface area contributed by atoms with E-state index in [-0.39, 0.29) is 0 Å². The zero-order valence-electron chi connectivity index (χ0n) is 89.5. The molecule has 3 aliphatic carbocycles. The molecule has 0 radical (unpaired) electrons. The van der Waals surface area contributed by atoms with Crippen molar-refractivity contribution in [1.29, 1.82) is 0 Å². The quantitative estimate of drug-likeness (QED) is 0.147. The Bertz CT molecular complexity index is 9380. The van der Waals surface area contributed by atoms with Crippen LogP contribution in [0.15, 0.2) is 388 Å². The predicted octanol–water partition coefficient (Wildman–Crippen LogP) is 42.1. The van der Waals surface area contributed by atoms with E-state index in [0.717, 1.165) is 38.9 Å². The van der Waals surface area contributed by atoms with Gasteiger partial charge in [0.2, 0.25) is 0 Å². The largest absolute Gasteiger partial charge is 0.335 e. The molecule has 23 aromatic carbocycles. The van der Waals surface area contributed by atoms with Crippen LogP contribution in [-0.4, -0.2) is 13.7 Å². The van der Waals surface area contributed by atoms with Crippen molar-refractivity contribution < 1.29 is 0 Å². The zero-order valence-corrected chi connectivity index (χ0v) is 89.5. The number of fused-ring (bicyclic) bond motifs is 43. The molecule has 0 spiro atoms. The van der Waals surface area contributed by atoms with Crippen molar-refractivity contribution >= 4 is 184 Å². The summed E-state index contributed by atoms with van der Waals surface area (Å²) in [6.45, 7) is 45.3. The van der Waals surface area contributed by atoms with Gasteiger partial charge in [0.25, 0.3) is 0 Å². The van der Waals surface area contributed by atoms with Gasteiger partial charge in [0, 0.05) is 87.4 Å². The van der Waals surface area contributed by atoms with Crippen LogP contribution in [0, 0.1) is 20.8 Å². The predicted molar refractivity (Wildman–Crippen MR) is 649 cm³/mol. The van der Waals surface area contributed by atoms with E-state index in [9.17, 15) is 0 Å². The molecule has 0 amide bonds. The molecule has 26 aromatic rings. The lowest BCUT2D eigenvalue weighted by Gasteiger charge is -2.16. The molecule has 0 saturated heterocycles. The summed E-state index contributed by atoms with van der Waals surface area (Å²) in [6.07, 6.45) is 2.89. The molecule has 0 aliphatic heterocycles. The lowest BCUT2D eigenvalue weighted by molar-refractivity contribution is 0.868. The zero-order chi connectivity index (χ0) is 102. The smallest absolute Gasteiger partial charge is 0.0574 e. The third kappa shape index (κ3) is 17.0. The van der Waals surface area contributed by atoms with Crippen LogP contribution in [0.25, 0.3) is 217 Å². The molecule has 3 aliphatic rings. The highest BCUT2D eigenvalue weighted by atomic mass is 15.0. The summed E-state index contributed by atoms with van der Waals surface area (Å²) in [5.41, 5.74) is 33.3. The molecule has 3 heterocycles. The fraction of sp³-hybridized carbons (Fsp3) is 0.189. The molecule has 0 unspecified atom stereocenters. The van der Waals surface area contributed by atoms with Crippen molar-refractivity contribution in [2.24, 2.45) is 0 Å². The molecule has 3 aromatic heterocycles. The highest BCUT2D eigenvalue weighted by Gasteiger charge is 2.33. The van der Waals surface area contributed by atoms with E-state index >= 15 is 0 Å². The third-order valence-corrected chi connectivity index (χ3v) is 29.3. The topological polar surface area (TPSA) is 14.8 Å². The van der Waals surface area contributed by atoms with Crippen molar-refractivity contribution in [1.82, 2.24) is 13.7 Å². The van der Waals surface area contributed by atoms with Crippen molar-refractivity contribution in [3.8, 4) is 33.4 Å². The van der Waals surface area contributed by atoms with Crippen LogP contribution in [0.5, 0.6) is 0 Å². The second-order valence-corrected chi connectivity index (χ2v) is 36.4. The maximum Gasteiger partial charge on any atom is 0.0574 e. The third-order valence-electron chi connectivity index (χ3n) is 29.3. The Morgan fingerprint density at radius 2 is 0.411 bits per heavy atom. The van der Waals surface area contributed by atoms with E-state index in [0.29, 0.717) is 0 Å². The van der Waals surface area contributed by atoms with Gasteiger partial charge in [-0.25, -0.2) is 0 Å². The number of hydrogen-bond acceptors (Lipinski definition) is 0. The van der Waals surface area contributed by atoms with Crippen LogP contribution in [0.1, 0.15) is 191 Å². The van der Waals surface area contributed by atoms with E-state index in [2.05, 4.69) is 423 Å². The molecule has 0 fully saturated rings. The van der Waals surface area contributed by atoms with Gasteiger partial charge in [0.15, 0.2) is 0 Å². The molecule has 29 rings (SSSR count). The minimum atomic E-state index is 0.815. The Hall–Kier alpha value is -15.7. The summed E-state index contributed by atoms with van der Waals surface area (Å²) in [7, 11) is 0. The molecule has 146 heavy (non-hydrogen) atoms. The fourth-order valence-electron chi connectivity index (χ4n) is 24.2. The number of hydrogen-bond donors (Lipinski definition) is 0. The van der Waals surface area contributed by atoms with E-state index < -0.39 is 0 Å². The highest BCUT2D eigenvalue weighted by Crippen LogP contribution is 2.55. The van der Waals surface area contributed by atoms with Gasteiger partial charge in [-0.1, -0.05) is 495 Å². The van der Waals surface area contributed by atoms with Crippen LogP contribution in [0.4, 0.5) is 0 Å². The van der Waals surface area contributed by atoms with Crippen LogP contribution >= 0.6 is 0 Å². The van der Waals surface area contributed by atoms with Crippen molar-refractivity contribution in [2.75, 3.05) is 0 Å². The fourth-order valence-corrected chi connectivity index (χ4v) is 24.2. The molecule has 0 atom stereocenters. The standard InChI is InChI=1S/2C43H29N.C39H27N.9C2H6/c1-26-22-27(23-38-31(26)20-18-28-10-2-5-13-32(28)38)25-44-42-34-15-7-3-11-29(34)19-21-37(42)41-36-17-9-8-16-35(36)40-33-14-6-4-12-30(33)24-39(40)43(41)44;1-26-22-27(23-31-19-18-28-10-2-5-13-32(28)39(26)31)25-44-42-34-15-7-3-11-29(34)20-21-37(42)41-36-17-9-8-16-35(36)40-33-14-6-4-12-30(33)24-38(40)43(41)44;1-24-20-25(21-27-11-3-5-13-29(24)27)23-40-38-31-15-7-2-10-26(31)18-19-34(38)37-33-17-9-8-16-32(33)36-30-14-6-4-12-28(30)22-35(36)39(37)40;9*1-2/h2*2-23H,24-25H2,1H3;2-21H,22-23H2,1H3;9*1-2H3. The van der Waals surface area contributed by atoms with Crippen molar-refractivity contribution in [3.05, 3.63) is 455 Å². The number of aryl methyl sites for hydroxylation is 3. The Morgan fingerprint density at radius 3 is 0.781 bits per heavy atom. The molecule has 0 bridgehead atoms. The Morgan fingerprint density at radius 1 is 0.164 bits per heavy atom. The first-order chi connectivity index (χ1) is 72.2. The number of benzene rings is 23. The van der Waals surface area contributed by atoms with Gasteiger partial charge in [-0.15, -0.1) is 0 Å². The Balaban J connectivity index is 0.000000133. The van der Waals surface area contributed by atoms with Gasteiger partial charge in [-0.05, 0) is 241 Å². The molecule has 0 N–H and O–H groups in total. The summed E-state index contributed by atoms with van der Waals surface area (Å²) < 4.78 is 7.97. The number of aromatic nitrogens is 3. The van der Waals surface area contributed by atoms with Crippen LogP contribution in [0.2, 0.25) is 0 Å². The average molecular weight is 1900 g/mol. The lowest BCUT2D eigenvalue weighted by atomic mass is 9.93. The number of rotatable bonds is 6. The second kappa shape index (κ2) is 44.3. The summed E-state index contributed by atoms with van der Waals surface area (Å²) in [6, 6.07) is 145. The number of nitrogens with zero attached hydrogens (tertiary/aromatic N) is 3. The van der Waals surface area contributed by atoms with Crippen LogP contribution in [-0.2, 0) is 38.9 Å². The molecule has 726 valence electrons. The summed E-state index contributed by atoms with van der Waals surface area (Å²) in [5.74, 6) is 0. The van der Waals surface area contributed by atoms with Gasteiger partial charge in [-0.2, -0.15) is 0 Å². The van der Waals surface area contributed by atoms with Crippen molar-refractivity contribution in [2.45, 2.75) is 184 Å². The molecular formula is C143H139N3. The van der Waals surface area contributed by atoms with Crippen molar-refractivity contribution in [3.63, 3.8) is 0 Å². The first kappa shape index (κ1) is 100. The normalized spacial score (nSPS) is 11.5. The Kier molecular flexibility index (Phi) is 30.4. The van der Waals surface area contributed by atoms with E-state index in [1.54, 1.807) is 0 Å². The van der Waals surface area contributed by atoms with Gasteiger partial charge < -0.3 is 13.7 Å². The summed E-state index contributed by atoms with van der Waals surface area (Å²) >= 11 is 0. The Labute approximate surface area is 864 Å². The van der Waals surface area contributed by atoms with Gasteiger partial charge in [0.05, 0.1) is 33.1 Å². The first-order valence-electron chi connectivity index (χ1n) is 54.4. The molecule has 3 heteroatoms. The minimum Gasteiger partial charge on any atom is -0.335 e. The van der Waals surface area contributed by atoms with E-state index in [1.165, 1.54) is 284 Å². The second-order valence-electron chi connectivity index (χ2n) is 36.4. The summed E-state index contributed by atoms with van der Waals surface area (Å²) in [4.78, 5) is 0. The average Bonchev–Trinajstić information content (AvgIpc) is 1.54. The maximum absolute atomic E-state index is 2.66. The SMILES string of the molecule is CC.CC.CC.CC.CC.CC.CC.CC.CC.Cc1cc(Cn2c3c4c(c5ccccc5c3c3ccc5ccccc5c32)-c2ccccc2C4)cc2c1ccc1ccccc12.Cc1cc(Cn2c3c4c(c5ccccc5c3c3ccc5ccccc5c32)-c2ccccc2C4)cc2ccc3ccccc3c12.Cc1cc(Cn2c3c4c(c5ccccc5c3c3ccc5ccccc5c32)-c2ccccc2C4)cc2ccccc12. The molecule has 0 saturated carbocycles.